The monoisotopic (exact) mass is 360 g/mol. The van der Waals surface area contributed by atoms with E-state index >= 15 is 0 Å². The summed E-state index contributed by atoms with van der Waals surface area (Å²) < 4.78 is 89.0. The maximum absolute atomic E-state index is 13.2. The van der Waals surface area contributed by atoms with Gasteiger partial charge in [-0.3, -0.25) is 4.79 Å². The van der Waals surface area contributed by atoms with Crippen LogP contribution in [0.25, 0.3) is 0 Å². The molecule has 2 N–H and O–H groups in total. The lowest BCUT2D eigenvalue weighted by Gasteiger charge is -2.38. The molecule has 11 heteroatoms. The lowest BCUT2D eigenvalue weighted by atomic mass is 10.1. The average Bonchev–Trinajstić information content (AvgIpc) is 2.43. The van der Waals surface area contributed by atoms with Crippen LogP contribution in [0.2, 0.25) is 0 Å². The fourth-order valence-corrected chi connectivity index (χ4v) is 1.84. The van der Waals surface area contributed by atoms with E-state index in [0.717, 1.165) is 30.6 Å². The van der Waals surface area contributed by atoms with Gasteiger partial charge in [0.15, 0.2) is 0 Å². The molecule has 5 nitrogen and oxygen atoms in total. The molecule has 1 amide bonds. The summed E-state index contributed by atoms with van der Waals surface area (Å²) in [7, 11) is 2.32. The number of rotatable bonds is 5. The third-order valence-corrected chi connectivity index (χ3v) is 2.94. The van der Waals surface area contributed by atoms with Crippen LogP contribution in [0, 0.1) is 0 Å². The van der Waals surface area contributed by atoms with E-state index in [1.807, 2.05) is 0 Å². The first-order chi connectivity index (χ1) is 10.9. The largest absolute Gasteiger partial charge is 0.497 e. The van der Waals surface area contributed by atoms with E-state index in [-0.39, 0.29) is 11.5 Å². The Balaban J connectivity index is 3.50. The van der Waals surface area contributed by atoms with Crippen molar-refractivity contribution >= 4 is 11.6 Å². The molecular formula is C13H14F6N2O3. The molecule has 0 radical (unpaired) electrons. The van der Waals surface area contributed by atoms with Gasteiger partial charge in [0.05, 0.1) is 19.9 Å². The third kappa shape index (κ3) is 3.77. The number of nitrogens with one attached hydrogen (secondary N) is 2. The van der Waals surface area contributed by atoms with E-state index in [9.17, 15) is 31.1 Å². The molecule has 1 aromatic carbocycles. The molecule has 0 fully saturated rings. The summed E-state index contributed by atoms with van der Waals surface area (Å²) in [6.45, 7) is 0.541. The minimum absolute atomic E-state index is 0.154. The van der Waals surface area contributed by atoms with Gasteiger partial charge in [-0.2, -0.15) is 26.3 Å². The van der Waals surface area contributed by atoms with Crippen LogP contribution in [0.15, 0.2) is 18.2 Å². The highest BCUT2D eigenvalue weighted by Crippen LogP contribution is 2.45. The molecule has 136 valence electrons. The molecule has 0 unspecified atom stereocenters. The van der Waals surface area contributed by atoms with Gasteiger partial charge in [-0.25, -0.2) is 0 Å². The number of halogens is 6. The van der Waals surface area contributed by atoms with Crippen molar-refractivity contribution < 1.29 is 40.6 Å². The Kier molecular flexibility index (Phi) is 5.47. The summed E-state index contributed by atoms with van der Waals surface area (Å²) >= 11 is 0. The van der Waals surface area contributed by atoms with E-state index in [1.54, 1.807) is 0 Å². The molecule has 0 aliphatic heterocycles. The van der Waals surface area contributed by atoms with Gasteiger partial charge in [0, 0.05) is 13.0 Å². The van der Waals surface area contributed by atoms with Crippen LogP contribution >= 0.6 is 0 Å². The molecule has 0 aliphatic carbocycles. The molecule has 24 heavy (non-hydrogen) atoms. The second-order valence-electron chi connectivity index (χ2n) is 4.62. The fraction of sp³-hybridized carbons (Fsp3) is 0.462. The van der Waals surface area contributed by atoms with Gasteiger partial charge in [0.2, 0.25) is 5.91 Å². The molecule has 0 atom stereocenters. The Hall–Kier alpha value is -2.33. The van der Waals surface area contributed by atoms with E-state index in [0.29, 0.717) is 6.92 Å². The standard InChI is InChI=1S/C13H14F6N2O3/c1-7(22)20-11(12(14,15)16,13(17,18)19)21-9-5-4-8(23-2)6-10(9)24-3/h4-6,21H,1-3H3,(H,20,22). The van der Waals surface area contributed by atoms with Crippen molar-refractivity contribution in [2.24, 2.45) is 0 Å². The molecular weight excluding hydrogens is 346 g/mol. The van der Waals surface area contributed by atoms with Crippen molar-refractivity contribution in [1.82, 2.24) is 5.32 Å². The van der Waals surface area contributed by atoms with Crippen LogP contribution in [0.4, 0.5) is 32.0 Å². The number of amides is 1. The number of ether oxygens (including phenoxy) is 2. The van der Waals surface area contributed by atoms with Crippen molar-refractivity contribution in [1.29, 1.82) is 0 Å². The highest BCUT2D eigenvalue weighted by Gasteiger charge is 2.72. The zero-order valence-corrected chi connectivity index (χ0v) is 12.7. The number of hydrogen-bond acceptors (Lipinski definition) is 4. The Morgan fingerprint density at radius 2 is 1.54 bits per heavy atom. The second kappa shape index (κ2) is 6.65. The first-order valence-electron chi connectivity index (χ1n) is 6.30. The normalized spacial score (nSPS) is 12.5. The Morgan fingerprint density at radius 3 is 1.92 bits per heavy atom. The Labute approximate surface area is 132 Å². The highest BCUT2D eigenvalue weighted by atomic mass is 19.4. The summed E-state index contributed by atoms with van der Waals surface area (Å²) in [6, 6.07) is 3.13. The first kappa shape index (κ1) is 19.7. The number of hydrogen-bond donors (Lipinski definition) is 2. The van der Waals surface area contributed by atoms with Crippen molar-refractivity contribution in [2.75, 3.05) is 19.5 Å². The molecule has 0 spiro atoms. The van der Waals surface area contributed by atoms with Gasteiger partial charge in [-0.1, -0.05) is 0 Å². The minimum Gasteiger partial charge on any atom is -0.497 e. The quantitative estimate of drug-likeness (QED) is 0.626. The highest BCUT2D eigenvalue weighted by molar-refractivity contribution is 5.75. The average molecular weight is 360 g/mol. The van der Waals surface area contributed by atoms with Gasteiger partial charge in [0.25, 0.3) is 0 Å². The molecule has 0 aliphatic rings. The lowest BCUT2D eigenvalue weighted by molar-refractivity contribution is -0.295. The van der Waals surface area contributed by atoms with Crippen LogP contribution in [0.5, 0.6) is 11.5 Å². The topological polar surface area (TPSA) is 59.6 Å². The van der Waals surface area contributed by atoms with E-state index in [2.05, 4.69) is 0 Å². The smallest absolute Gasteiger partial charge is 0.439 e. The van der Waals surface area contributed by atoms with Crippen LogP contribution in [0.1, 0.15) is 6.92 Å². The summed E-state index contributed by atoms with van der Waals surface area (Å²) in [6.07, 6.45) is -11.8. The van der Waals surface area contributed by atoms with Crippen LogP contribution in [0.3, 0.4) is 0 Å². The molecule has 1 rings (SSSR count). The minimum atomic E-state index is -5.89. The number of methoxy groups -OCH3 is 2. The summed E-state index contributed by atoms with van der Waals surface area (Å²) in [5.74, 6) is -1.70. The predicted octanol–water partition coefficient (Wildman–Crippen LogP) is 3.07. The van der Waals surface area contributed by atoms with E-state index in [1.165, 1.54) is 12.4 Å². The van der Waals surface area contributed by atoms with Crippen molar-refractivity contribution in [2.45, 2.75) is 24.9 Å². The summed E-state index contributed by atoms with van der Waals surface area (Å²) in [5, 5.41) is 2.23. The third-order valence-electron chi connectivity index (χ3n) is 2.94. The molecule has 0 saturated carbocycles. The van der Waals surface area contributed by atoms with Crippen LogP contribution in [-0.2, 0) is 4.79 Å². The fourth-order valence-electron chi connectivity index (χ4n) is 1.84. The maximum Gasteiger partial charge on any atom is 0.439 e. The Bertz CT molecular complexity index is 586. The molecule has 1 aromatic rings. The van der Waals surface area contributed by atoms with Crippen molar-refractivity contribution in [3.63, 3.8) is 0 Å². The predicted molar refractivity (Wildman–Crippen MR) is 71.8 cm³/mol. The van der Waals surface area contributed by atoms with Gasteiger partial charge < -0.3 is 20.1 Å². The SMILES string of the molecule is COc1ccc(NC(NC(C)=O)(C(F)(F)F)C(F)(F)F)c(OC)c1. The van der Waals surface area contributed by atoms with Crippen molar-refractivity contribution in [3.8, 4) is 11.5 Å². The number of alkyl halides is 6. The molecule has 0 heterocycles. The number of carbonyl (C=O) groups excluding carboxylic acids is 1. The lowest BCUT2D eigenvalue weighted by Crippen LogP contribution is -2.72. The van der Waals surface area contributed by atoms with E-state index < -0.39 is 29.6 Å². The second-order valence-corrected chi connectivity index (χ2v) is 4.62. The van der Waals surface area contributed by atoms with Gasteiger partial charge in [0.1, 0.15) is 11.5 Å². The summed E-state index contributed by atoms with van der Waals surface area (Å²) in [4.78, 5) is 11.0. The Morgan fingerprint density at radius 1 is 1.00 bits per heavy atom. The van der Waals surface area contributed by atoms with Crippen molar-refractivity contribution in [3.05, 3.63) is 18.2 Å². The number of benzene rings is 1. The van der Waals surface area contributed by atoms with Crippen LogP contribution < -0.4 is 20.1 Å². The summed E-state index contributed by atoms with van der Waals surface area (Å²) in [5.41, 5.74) is -5.32. The zero-order valence-electron chi connectivity index (χ0n) is 12.7. The molecule has 0 aromatic heterocycles. The number of anilines is 1. The zero-order chi connectivity index (χ0) is 18.8. The number of carbonyl (C=O) groups is 1. The van der Waals surface area contributed by atoms with Crippen LogP contribution in [-0.4, -0.2) is 38.1 Å². The molecule has 0 bridgehead atoms. The van der Waals surface area contributed by atoms with Gasteiger partial charge >= 0.3 is 18.0 Å². The van der Waals surface area contributed by atoms with Gasteiger partial charge in [-0.05, 0) is 12.1 Å². The maximum atomic E-state index is 13.2. The molecule has 0 saturated heterocycles. The van der Waals surface area contributed by atoms with Gasteiger partial charge in [-0.15, -0.1) is 0 Å². The first-order valence-corrected chi connectivity index (χ1v) is 6.30. The van der Waals surface area contributed by atoms with E-state index in [4.69, 9.17) is 9.47 Å².